The molecule has 0 saturated heterocycles. The Hall–Kier alpha value is -1.91. The van der Waals surface area contributed by atoms with Gasteiger partial charge < -0.3 is 25.1 Å². The van der Waals surface area contributed by atoms with Crippen molar-refractivity contribution in [2.75, 3.05) is 13.1 Å². The second-order valence-corrected chi connectivity index (χ2v) is 10.9. The number of aliphatic hydroxyl groups excluding tert-OH is 1. The maximum atomic E-state index is 13.1. The van der Waals surface area contributed by atoms with Gasteiger partial charge in [0, 0.05) is 11.6 Å². The molecule has 0 aliphatic heterocycles. The van der Waals surface area contributed by atoms with Gasteiger partial charge in [0.25, 0.3) is 0 Å². The van der Waals surface area contributed by atoms with E-state index in [4.69, 9.17) is 16.3 Å². The average Bonchev–Trinajstić information content (AvgIpc) is 2.82. The molecule has 186 valence electrons. The van der Waals surface area contributed by atoms with Crippen LogP contribution in [0.25, 0.3) is 0 Å². The summed E-state index contributed by atoms with van der Waals surface area (Å²) in [4.78, 5) is 11.3. The molecule has 3 aromatic carbocycles. The van der Waals surface area contributed by atoms with Gasteiger partial charge in [-0.3, -0.25) is 0 Å². The van der Waals surface area contributed by atoms with Crippen LogP contribution in [0, 0.1) is 0 Å². The fourth-order valence-electron chi connectivity index (χ4n) is 3.32. The zero-order valence-corrected chi connectivity index (χ0v) is 24.0. The third-order valence-electron chi connectivity index (χ3n) is 5.38. The summed E-state index contributed by atoms with van der Waals surface area (Å²) >= 11 is 5.95. The Kier molecular flexibility index (Phi) is 11.0. The van der Waals surface area contributed by atoms with Gasteiger partial charge in [-0.15, -0.1) is 0 Å². The van der Waals surface area contributed by atoms with Crippen molar-refractivity contribution >= 4 is 27.4 Å². The molecular formula is C26H27ClNNaO6S. The molecule has 0 heterocycles. The van der Waals surface area contributed by atoms with E-state index in [9.17, 15) is 23.4 Å². The Balaban J connectivity index is 0.00000456. The van der Waals surface area contributed by atoms with Crippen molar-refractivity contribution < 1.29 is 57.7 Å². The molecule has 7 nitrogen and oxygen atoms in total. The minimum Gasteiger partial charge on any atom is -0.546 e. The van der Waals surface area contributed by atoms with E-state index < -0.39 is 27.5 Å². The predicted octanol–water partition coefficient (Wildman–Crippen LogP) is -0.0502. The normalized spacial score (nSPS) is 12.4. The second kappa shape index (κ2) is 13.1. The number of benzene rings is 3. The second-order valence-electron chi connectivity index (χ2n) is 8.55. The zero-order chi connectivity index (χ0) is 25.6. The Labute approximate surface area is 238 Å². The topological polar surface area (TPSA) is 116 Å². The monoisotopic (exact) mass is 539 g/mol. The Morgan fingerprint density at radius 1 is 1.06 bits per heavy atom. The molecule has 1 atom stereocenters. The molecule has 0 aliphatic carbocycles. The van der Waals surface area contributed by atoms with Crippen molar-refractivity contribution in [1.29, 1.82) is 0 Å². The van der Waals surface area contributed by atoms with E-state index in [1.165, 1.54) is 50.2 Å². The molecule has 0 fully saturated rings. The van der Waals surface area contributed by atoms with Crippen molar-refractivity contribution in [3.63, 3.8) is 0 Å². The van der Waals surface area contributed by atoms with Gasteiger partial charge in [0.15, 0.2) is 0 Å². The molecule has 0 unspecified atom stereocenters. The molecule has 0 bridgehead atoms. The molecule has 36 heavy (non-hydrogen) atoms. The number of ether oxygens (including phenoxy) is 1. The van der Waals surface area contributed by atoms with Gasteiger partial charge in [-0.1, -0.05) is 41.9 Å². The van der Waals surface area contributed by atoms with E-state index in [-0.39, 0.29) is 45.1 Å². The van der Waals surface area contributed by atoms with E-state index >= 15 is 0 Å². The molecule has 0 aromatic heterocycles. The number of rotatable bonds is 11. The van der Waals surface area contributed by atoms with E-state index in [1.807, 2.05) is 6.07 Å². The third kappa shape index (κ3) is 8.05. The van der Waals surface area contributed by atoms with Crippen molar-refractivity contribution in [1.82, 2.24) is 5.32 Å². The number of hydrogen-bond acceptors (Lipinski definition) is 7. The molecule has 0 amide bonds. The smallest absolute Gasteiger partial charge is 0.546 e. The van der Waals surface area contributed by atoms with Crippen molar-refractivity contribution in [2.24, 2.45) is 0 Å². The maximum Gasteiger partial charge on any atom is 1.00 e. The fraction of sp³-hybridized carbons (Fsp3) is 0.269. The number of hydrogen-bond donors (Lipinski definition) is 2. The zero-order valence-electron chi connectivity index (χ0n) is 20.4. The van der Waals surface area contributed by atoms with Gasteiger partial charge in [0.05, 0.1) is 21.9 Å². The summed E-state index contributed by atoms with van der Waals surface area (Å²) in [6.07, 6.45) is -0.0391. The van der Waals surface area contributed by atoms with Crippen LogP contribution in [0.3, 0.4) is 0 Å². The largest absolute Gasteiger partial charge is 1.00 e. The Morgan fingerprint density at radius 3 is 2.36 bits per heavy atom. The van der Waals surface area contributed by atoms with Crippen molar-refractivity contribution in [3.05, 3.63) is 88.9 Å². The van der Waals surface area contributed by atoms with Crippen LogP contribution < -0.4 is 44.7 Å². The standard InChI is InChI=1S/C26H28ClNO6S.Na/c1-26(2,25(30)31)34-21-7-4-8-23(16-21)35(32,33)22-11-9-18(10-12-22)13-14-28-17-24(29)19-5-3-6-20(27)15-19;/h3-12,15-16,24,28-29H,13-14,17H2,1-2H3,(H,30,31);/q;+1/p-1/t24-;/m0./s1. The van der Waals surface area contributed by atoms with Crippen LogP contribution in [0.4, 0.5) is 0 Å². The van der Waals surface area contributed by atoms with Crippen LogP contribution in [-0.4, -0.2) is 38.2 Å². The summed E-state index contributed by atoms with van der Waals surface area (Å²) in [7, 11) is -3.83. The van der Waals surface area contributed by atoms with E-state index in [0.717, 1.165) is 11.1 Å². The first-order valence-corrected chi connectivity index (χ1v) is 12.8. The van der Waals surface area contributed by atoms with Crippen LogP contribution in [-0.2, 0) is 21.1 Å². The van der Waals surface area contributed by atoms with E-state index in [1.54, 1.807) is 30.3 Å². The molecule has 3 aromatic rings. The summed E-state index contributed by atoms with van der Waals surface area (Å²) in [5.74, 6) is -1.29. The molecule has 0 aliphatic rings. The van der Waals surface area contributed by atoms with Crippen molar-refractivity contribution in [2.45, 2.75) is 41.8 Å². The summed E-state index contributed by atoms with van der Waals surface area (Å²) in [5.41, 5.74) is 0.0566. The number of carbonyl (C=O) groups excluding carboxylic acids is 1. The minimum absolute atomic E-state index is 0. The number of aliphatic carboxylic acids is 1. The summed E-state index contributed by atoms with van der Waals surface area (Å²) in [5, 5.41) is 25.2. The number of aliphatic hydroxyl groups is 1. The number of carboxylic acids is 1. The van der Waals surface area contributed by atoms with Gasteiger partial charge in [-0.2, -0.15) is 0 Å². The minimum atomic E-state index is -3.83. The van der Waals surface area contributed by atoms with Gasteiger partial charge in [-0.05, 0) is 80.4 Å². The molecule has 0 saturated carbocycles. The van der Waals surface area contributed by atoms with Gasteiger partial charge >= 0.3 is 29.6 Å². The van der Waals surface area contributed by atoms with Crippen LogP contribution >= 0.6 is 11.6 Å². The van der Waals surface area contributed by atoms with Gasteiger partial charge in [0.1, 0.15) is 11.4 Å². The van der Waals surface area contributed by atoms with Crippen LogP contribution in [0.2, 0.25) is 5.02 Å². The number of halogens is 1. The Morgan fingerprint density at radius 2 is 1.72 bits per heavy atom. The molecule has 2 N–H and O–H groups in total. The molecule has 0 radical (unpaired) electrons. The number of nitrogens with one attached hydrogen (secondary N) is 1. The first-order chi connectivity index (χ1) is 16.5. The molecular weight excluding hydrogens is 513 g/mol. The SMILES string of the molecule is CC(C)(Oc1cccc(S(=O)(=O)c2ccc(CCNC[C@H](O)c3cccc(Cl)c3)cc2)c1)C(=O)[O-].[Na+]. The van der Waals surface area contributed by atoms with Crippen LogP contribution in [0.5, 0.6) is 5.75 Å². The van der Waals surface area contributed by atoms with E-state index in [2.05, 4.69) is 5.32 Å². The molecule has 0 spiro atoms. The summed E-state index contributed by atoms with van der Waals surface area (Å²) in [6.45, 7) is 3.61. The average molecular weight is 540 g/mol. The van der Waals surface area contributed by atoms with E-state index in [0.29, 0.717) is 24.5 Å². The third-order valence-corrected chi connectivity index (χ3v) is 7.38. The number of sulfone groups is 1. The number of carbonyl (C=O) groups is 1. The maximum absolute atomic E-state index is 13.1. The Bertz CT molecular complexity index is 1280. The fourth-order valence-corrected chi connectivity index (χ4v) is 4.81. The summed E-state index contributed by atoms with van der Waals surface area (Å²) < 4.78 is 31.5. The van der Waals surface area contributed by atoms with Gasteiger partial charge in [-0.25, -0.2) is 8.42 Å². The molecule has 10 heteroatoms. The predicted molar refractivity (Wildman–Crippen MR) is 131 cm³/mol. The molecule has 3 rings (SSSR count). The van der Waals surface area contributed by atoms with Crippen LogP contribution in [0.1, 0.15) is 31.1 Å². The van der Waals surface area contributed by atoms with Gasteiger partial charge in [0.2, 0.25) is 9.84 Å². The first-order valence-electron chi connectivity index (χ1n) is 11.0. The van der Waals surface area contributed by atoms with Crippen LogP contribution in [0.15, 0.2) is 82.6 Å². The first kappa shape index (κ1) is 30.3. The number of carboxylic acid groups (broad SMARTS) is 1. The quantitative estimate of drug-likeness (QED) is 0.259. The van der Waals surface area contributed by atoms with Crippen molar-refractivity contribution in [3.8, 4) is 5.75 Å². The summed E-state index contributed by atoms with van der Waals surface area (Å²) in [6, 6.07) is 19.3.